The maximum atomic E-state index is 15.1. The molecule has 0 saturated carbocycles. The van der Waals surface area contributed by atoms with E-state index >= 15 is 8.78 Å². The largest absolute Gasteiger partial charge is 0.489 e. The van der Waals surface area contributed by atoms with Gasteiger partial charge < -0.3 is 19.6 Å². The SMILES string of the molecule is CC(C)Oc1ccc(C(=O)N[C@H](CCO)Cc2c(F)cc(-c3cn4cccc(Cl)c4n3)cc2F)cc1Cl. The molecule has 0 saturated heterocycles. The number of nitrogens with zero attached hydrogens (tertiary/aromatic N) is 2. The van der Waals surface area contributed by atoms with Gasteiger partial charge in [0.2, 0.25) is 0 Å². The van der Waals surface area contributed by atoms with E-state index < -0.39 is 23.6 Å². The first kappa shape index (κ1) is 26.9. The Kier molecular flexibility index (Phi) is 8.32. The molecule has 194 valence electrons. The van der Waals surface area contributed by atoms with Crippen LogP contribution >= 0.6 is 23.2 Å². The number of imidazole rings is 1. The fourth-order valence-electron chi connectivity index (χ4n) is 3.95. The maximum absolute atomic E-state index is 15.1. The third kappa shape index (κ3) is 6.21. The van der Waals surface area contributed by atoms with Crippen LogP contribution in [0, 0.1) is 11.6 Å². The molecular formula is C27H25Cl2F2N3O3. The van der Waals surface area contributed by atoms with Gasteiger partial charge in [-0.25, -0.2) is 13.8 Å². The zero-order chi connectivity index (χ0) is 26.7. The molecule has 6 nitrogen and oxygen atoms in total. The standard InChI is InChI=1S/C27H25Cl2F2N3O3/c1-15(2)37-25-6-5-16(10-21(25)29)27(36)32-18(7-9-35)13-19-22(30)11-17(12-23(19)31)24-14-34-8-3-4-20(28)26(34)33-24/h3-6,8,10-12,14-15,18,35H,7,9,13H2,1-2H3,(H,32,36)/t18-/m1/s1. The first-order valence-corrected chi connectivity index (χ1v) is 12.4. The topological polar surface area (TPSA) is 75.9 Å². The van der Waals surface area contributed by atoms with Crippen molar-refractivity contribution in [1.82, 2.24) is 14.7 Å². The highest BCUT2D eigenvalue weighted by Crippen LogP contribution is 2.28. The summed E-state index contributed by atoms with van der Waals surface area (Å²) in [7, 11) is 0. The Bertz CT molecular complexity index is 1420. The second-order valence-corrected chi connectivity index (χ2v) is 9.64. The molecule has 0 aliphatic rings. The van der Waals surface area contributed by atoms with E-state index in [4.69, 9.17) is 27.9 Å². The van der Waals surface area contributed by atoms with Gasteiger partial charge in [-0.05, 0) is 69.2 Å². The molecule has 2 aromatic heterocycles. The lowest BCUT2D eigenvalue weighted by molar-refractivity contribution is 0.0929. The molecule has 0 unspecified atom stereocenters. The molecule has 2 N–H and O–H groups in total. The zero-order valence-electron chi connectivity index (χ0n) is 20.1. The average molecular weight is 548 g/mol. The van der Waals surface area contributed by atoms with Crippen molar-refractivity contribution in [2.75, 3.05) is 6.61 Å². The normalized spacial score (nSPS) is 12.2. The Hall–Kier alpha value is -3.20. The van der Waals surface area contributed by atoms with E-state index in [1.54, 1.807) is 41.1 Å². The number of fused-ring (bicyclic) bond motifs is 1. The van der Waals surface area contributed by atoms with E-state index in [1.807, 2.05) is 13.8 Å². The molecule has 0 aliphatic carbocycles. The minimum atomic E-state index is -0.784. The van der Waals surface area contributed by atoms with Crippen LogP contribution in [-0.2, 0) is 6.42 Å². The Morgan fingerprint density at radius 2 is 1.86 bits per heavy atom. The number of aliphatic hydroxyl groups excluding tert-OH is 1. The van der Waals surface area contributed by atoms with Gasteiger partial charge in [-0.1, -0.05) is 23.2 Å². The van der Waals surface area contributed by atoms with E-state index in [-0.39, 0.29) is 47.3 Å². The van der Waals surface area contributed by atoms with Crippen LogP contribution in [0.5, 0.6) is 5.75 Å². The number of amides is 1. The minimum absolute atomic E-state index is 0.0900. The highest BCUT2D eigenvalue weighted by molar-refractivity contribution is 6.33. The molecule has 0 spiro atoms. The van der Waals surface area contributed by atoms with Crippen LogP contribution in [0.4, 0.5) is 8.78 Å². The molecule has 2 aromatic carbocycles. The lowest BCUT2D eigenvalue weighted by Gasteiger charge is -2.19. The van der Waals surface area contributed by atoms with Gasteiger partial charge in [0.1, 0.15) is 17.4 Å². The quantitative estimate of drug-likeness (QED) is 0.265. The molecule has 4 rings (SSSR count). The number of hydrogen-bond donors (Lipinski definition) is 2. The first-order chi connectivity index (χ1) is 17.7. The summed E-state index contributed by atoms with van der Waals surface area (Å²) in [6, 6.07) is 9.67. The number of halogens is 4. The fraction of sp³-hybridized carbons (Fsp3) is 0.259. The molecule has 0 bridgehead atoms. The highest BCUT2D eigenvalue weighted by atomic mass is 35.5. The van der Waals surface area contributed by atoms with Crippen LogP contribution in [0.3, 0.4) is 0 Å². The van der Waals surface area contributed by atoms with Crippen molar-refractivity contribution in [2.24, 2.45) is 0 Å². The Morgan fingerprint density at radius 1 is 1.14 bits per heavy atom. The number of aliphatic hydroxyl groups is 1. The molecular weight excluding hydrogens is 523 g/mol. The summed E-state index contributed by atoms with van der Waals surface area (Å²) < 4.78 is 37.4. The van der Waals surface area contributed by atoms with Gasteiger partial charge in [0, 0.05) is 41.7 Å². The molecule has 0 radical (unpaired) electrons. The van der Waals surface area contributed by atoms with E-state index in [1.165, 1.54) is 18.2 Å². The fourth-order valence-corrected chi connectivity index (χ4v) is 4.39. The molecule has 0 fully saturated rings. The van der Waals surface area contributed by atoms with Gasteiger partial charge >= 0.3 is 0 Å². The van der Waals surface area contributed by atoms with Crippen molar-refractivity contribution in [2.45, 2.75) is 38.8 Å². The number of ether oxygens (including phenoxy) is 1. The minimum Gasteiger partial charge on any atom is -0.489 e. The number of carbonyl (C=O) groups excluding carboxylic acids is 1. The number of hydrogen-bond acceptors (Lipinski definition) is 4. The number of rotatable bonds is 9. The second kappa shape index (κ2) is 11.5. The molecule has 1 atom stereocenters. The van der Waals surface area contributed by atoms with Crippen molar-refractivity contribution in [1.29, 1.82) is 0 Å². The molecule has 37 heavy (non-hydrogen) atoms. The maximum Gasteiger partial charge on any atom is 0.251 e. The van der Waals surface area contributed by atoms with Gasteiger partial charge in [0.25, 0.3) is 5.91 Å². The third-order valence-corrected chi connectivity index (χ3v) is 6.28. The van der Waals surface area contributed by atoms with Crippen molar-refractivity contribution in [3.8, 4) is 17.0 Å². The molecule has 1 amide bonds. The van der Waals surface area contributed by atoms with Gasteiger partial charge in [-0.2, -0.15) is 0 Å². The Morgan fingerprint density at radius 3 is 2.49 bits per heavy atom. The molecule has 2 heterocycles. The monoisotopic (exact) mass is 547 g/mol. The molecule has 10 heteroatoms. The van der Waals surface area contributed by atoms with Gasteiger partial charge in [0.15, 0.2) is 5.65 Å². The molecule has 0 aliphatic heterocycles. The highest BCUT2D eigenvalue weighted by Gasteiger charge is 2.21. The van der Waals surface area contributed by atoms with Crippen molar-refractivity contribution >= 4 is 34.8 Å². The second-order valence-electron chi connectivity index (χ2n) is 8.83. The van der Waals surface area contributed by atoms with Crippen LogP contribution in [0.1, 0.15) is 36.2 Å². The van der Waals surface area contributed by atoms with Gasteiger partial charge in [0.05, 0.1) is 21.8 Å². The van der Waals surface area contributed by atoms with Crippen LogP contribution < -0.4 is 10.1 Å². The summed E-state index contributed by atoms with van der Waals surface area (Å²) in [6.45, 7) is 3.43. The smallest absolute Gasteiger partial charge is 0.251 e. The van der Waals surface area contributed by atoms with E-state index in [9.17, 15) is 9.90 Å². The van der Waals surface area contributed by atoms with Crippen LogP contribution in [0.25, 0.3) is 16.9 Å². The predicted octanol–water partition coefficient (Wildman–Crippen LogP) is 6.10. The Balaban J connectivity index is 1.53. The van der Waals surface area contributed by atoms with E-state index in [0.29, 0.717) is 22.1 Å². The molecule has 4 aromatic rings. The zero-order valence-corrected chi connectivity index (χ0v) is 21.7. The number of pyridine rings is 1. The number of nitrogens with one attached hydrogen (secondary N) is 1. The summed E-state index contributed by atoms with van der Waals surface area (Å²) in [4.78, 5) is 17.2. The summed E-state index contributed by atoms with van der Waals surface area (Å²) in [5, 5.41) is 12.9. The van der Waals surface area contributed by atoms with Crippen LogP contribution in [0.2, 0.25) is 10.0 Å². The summed E-state index contributed by atoms with van der Waals surface area (Å²) in [6.07, 6.45) is 3.21. The number of benzene rings is 2. The number of carbonyl (C=O) groups is 1. The lowest BCUT2D eigenvalue weighted by atomic mass is 9.99. The van der Waals surface area contributed by atoms with Crippen molar-refractivity contribution < 1.29 is 23.4 Å². The predicted molar refractivity (Wildman–Crippen MR) is 139 cm³/mol. The van der Waals surface area contributed by atoms with Crippen molar-refractivity contribution in [3.05, 3.63) is 87.7 Å². The Labute approximate surface area is 222 Å². The average Bonchev–Trinajstić information content (AvgIpc) is 3.28. The lowest BCUT2D eigenvalue weighted by Crippen LogP contribution is -2.37. The van der Waals surface area contributed by atoms with Crippen LogP contribution in [-0.4, -0.2) is 39.2 Å². The van der Waals surface area contributed by atoms with E-state index in [0.717, 1.165) is 0 Å². The summed E-state index contributed by atoms with van der Waals surface area (Å²) in [5.74, 6) is -1.62. The van der Waals surface area contributed by atoms with Gasteiger partial charge in [-0.15, -0.1) is 0 Å². The summed E-state index contributed by atoms with van der Waals surface area (Å²) in [5.41, 5.74) is 1.13. The van der Waals surface area contributed by atoms with Crippen molar-refractivity contribution in [3.63, 3.8) is 0 Å². The van der Waals surface area contributed by atoms with Crippen LogP contribution in [0.15, 0.2) is 54.9 Å². The first-order valence-electron chi connectivity index (χ1n) is 11.7. The third-order valence-electron chi connectivity index (χ3n) is 5.69. The van der Waals surface area contributed by atoms with Gasteiger partial charge in [-0.3, -0.25) is 4.79 Å². The number of aromatic nitrogens is 2. The summed E-state index contributed by atoms with van der Waals surface area (Å²) >= 11 is 12.4. The van der Waals surface area contributed by atoms with E-state index in [2.05, 4.69) is 10.3 Å².